The Kier molecular flexibility index (Phi) is 6.00. The molecule has 0 unspecified atom stereocenters. The molecule has 1 aliphatic heterocycles. The number of ether oxygens (including phenoxy) is 3. The van der Waals surface area contributed by atoms with Crippen molar-refractivity contribution in [2.75, 3.05) is 34.0 Å². The van der Waals surface area contributed by atoms with Gasteiger partial charge in [-0.2, -0.15) is 0 Å². The summed E-state index contributed by atoms with van der Waals surface area (Å²) in [5.41, 5.74) is 2.37. The van der Waals surface area contributed by atoms with Crippen molar-refractivity contribution in [2.24, 2.45) is 0 Å². The molecule has 1 aliphatic carbocycles. The molecule has 2 aliphatic rings. The maximum absolute atomic E-state index is 9.03. The molecule has 0 amide bonds. The van der Waals surface area contributed by atoms with E-state index in [1.54, 1.807) is 7.11 Å². The van der Waals surface area contributed by atoms with E-state index in [9.17, 15) is 0 Å². The Bertz CT molecular complexity index is 579. The molecule has 1 saturated heterocycles. The molecular formula is C20H31NO4. The molecule has 0 aromatic heterocycles. The number of likely N-dealkylation sites (tertiary alicyclic amines) is 1. The van der Waals surface area contributed by atoms with E-state index in [1.807, 2.05) is 7.11 Å². The zero-order valence-electron chi connectivity index (χ0n) is 15.7. The van der Waals surface area contributed by atoms with E-state index in [2.05, 4.69) is 30.0 Å². The predicted octanol–water partition coefficient (Wildman–Crippen LogP) is 2.52. The molecule has 0 radical (unpaired) electrons. The quantitative estimate of drug-likeness (QED) is 0.820. The van der Waals surface area contributed by atoms with E-state index in [0.29, 0.717) is 12.6 Å². The lowest BCUT2D eigenvalue weighted by Crippen LogP contribution is -2.51. The Balaban J connectivity index is 1.75. The number of benzene rings is 1. The minimum atomic E-state index is -0.0585. The van der Waals surface area contributed by atoms with Gasteiger partial charge in [0.25, 0.3) is 0 Å². The minimum Gasteiger partial charge on any atom is -0.496 e. The van der Waals surface area contributed by atoms with Crippen LogP contribution in [0.25, 0.3) is 0 Å². The average Bonchev–Trinajstić information content (AvgIpc) is 3.00. The number of hydrogen-bond donors (Lipinski definition) is 1. The van der Waals surface area contributed by atoms with Crippen LogP contribution in [0.5, 0.6) is 5.75 Å². The van der Waals surface area contributed by atoms with Gasteiger partial charge in [0.2, 0.25) is 0 Å². The highest BCUT2D eigenvalue weighted by Gasteiger charge is 2.51. The molecule has 25 heavy (non-hydrogen) atoms. The van der Waals surface area contributed by atoms with Gasteiger partial charge in [-0.15, -0.1) is 0 Å². The summed E-state index contributed by atoms with van der Waals surface area (Å²) in [6, 6.07) is 6.76. The highest BCUT2D eigenvalue weighted by atomic mass is 16.5. The molecule has 0 bridgehead atoms. The predicted molar refractivity (Wildman–Crippen MR) is 97.0 cm³/mol. The van der Waals surface area contributed by atoms with Crippen LogP contribution in [-0.2, 0) is 16.0 Å². The smallest absolute Gasteiger partial charge is 0.123 e. The molecule has 1 saturated carbocycles. The number of aliphatic hydroxyl groups is 1. The van der Waals surface area contributed by atoms with E-state index in [0.717, 1.165) is 44.5 Å². The molecule has 5 heteroatoms. The van der Waals surface area contributed by atoms with Crippen molar-refractivity contribution in [3.05, 3.63) is 29.3 Å². The van der Waals surface area contributed by atoms with Crippen molar-refractivity contribution in [3.8, 4) is 5.75 Å². The largest absolute Gasteiger partial charge is 0.496 e. The summed E-state index contributed by atoms with van der Waals surface area (Å²) in [5, 5.41) is 9.03. The number of hydrogen-bond acceptors (Lipinski definition) is 5. The molecule has 1 aromatic carbocycles. The second kappa shape index (κ2) is 8.04. The van der Waals surface area contributed by atoms with Crippen LogP contribution >= 0.6 is 0 Å². The third kappa shape index (κ3) is 3.85. The summed E-state index contributed by atoms with van der Waals surface area (Å²) < 4.78 is 17.4. The van der Waals surface area contributed by atoms with E-state index < -0.39 is 0 Å². The van der Waals surface area contributed by atoms with Gasteiger partial charge >= 0.3 is 0 Å². The number of nitrogens with zero attached hydrogens (tertiary/aromatic N) is 1. The molecular weight excluding hydrogens is 318 g/mol. The maximum atomic E-state index is 9.03. The summed E-state index contributed by atoms with van der Waals surface area (Å²) in [7, 11) is 3.58. The van der Waals surface area contributed by atoms with Crippen molar-refractivity contribution in [1.82, 2.24) is 4.90 Å². The maximum Gasteiger partial charge on any atom is 0.123 e. The summed E-state index contributed by atoms with van der Waals surface area (Å²) in [6.45, 7) is 4.49. The number of methoxy groups -OCH3 is 2. The first kappa shape index (κ1) is 18.6. The Morgan fingerprint density at radius 1 is 1.28 bits per heavy atom. The first-order chi connectivity index (χ1) is 12.1. The van der Waals surface area contributed by atoms with Crippen LogP contribution in [-0.4, -0.2) is 61.7 Å². The van der Waals surface area contributed by atoms with E-state index in [1.165, 1.54) is 11.1 Å². The van der Waals surface area contributed by atoms with Crippen LogP contribution in [0, 0.1) is 6.92 Å². The zero-order chi connectivity index (χ0) is 17.9. The van der Waals surface area contributed by atoms with Crippen molar-refractivity contribution in [3.63, 3.8) is 0 Å². The first-order valence-electron chi connectivity index (χ1n) is 9.27. The van der Waals surface area contributed by atoms with Crippen LogP contribution in [0.1, 0.15) is 36.8 Å². The Hall–Kier alpha value is -1.14. The minimum absolute atomic E-state index is 0.0585. The third-order valence-corrected chi connectivity index (χ3v) is 5.91. The SMILES string of the molecule is COc1cc(C)ccc1CN1CC[C@]2(OC)CC[C@H](OCCO)C[C@H]12. The van der Waals surface area contributed by atoms with Crippen LogP contribution < -0.4 is 4.74 Å². The summed E-state index contributed by atoms with van der Waals surface area (Å²) in [4.78, 5) is 2.52. The molecule has 1 heterocycles. The summed E-state index contributed by atoms with van der Waals surface area (Å²) in [6.07, 6.45) is 4.26. The van der Waals surface area contributed by atoms with Crippen LogP contribution in [0.4, 0.5) is 0 Å². The number of aliphatic hydroxyl groups excluding tert-OH is 1. The lowest BCUT2D eigenvalue weighted by Gasteiger charge is -2.43. The van der Waals surface area contributed by atoms with E-state index >= 15 is 0 Å². The van der Waals surface area contributed by atoms with Crippen molar-refractivity contribution < 1.29 is 19.3 Å². The number of aryl methyl sites for hydroxylation is 1. The van der Waals surface area contributed by atoms with E-state index in [-0.39, 0.29) is 18.3 Å². The Morgan fingerprint density at radius 3 is 2.84 bits per heavy atom. The van der Waals surface area contributed by atoms with Crippen LogP contribution in [0.15, 0.2) is 18.2 Å². The van der Waals surface area contributed by atoms with Gasteiger partial charge in [-0.25, -0.2) is 0 Å². The fraction of sp³-hybridized carbons (Fsp3) is 0.700. The fourth-order valence-corrected chi connectivity index (χ4v) is 4.52. The highest BCUT2D eigenvalue weighted by molar-refractivity contribution is 5.37. The van der Waals surface area contributed by atoms with Gasteiger partial charge in [-0.05, 0) is 44.2 Å². The molecule has 1 aromatic rings. The van der Waals surface area contributed by atoms with Crippen molar-refractivity contribution >= 4 is 0 Å². The van der Waals surface area contributed by atoms with Crippen LogP contribution in [0.3, 0.4) is 0 Å². The fourth-order valence-electron chi connectivity index (χ4n) is 4.52. The monoisotopic (exact) mass is 349 g/mol. The summed E-state index contributed by atoms with van der Waals surface area (Å²) >= 11 is 0. The van der Waals surface area contributed by atoms with Gasteiger partial charge in [0.05, 0.1) is 32.0 Å². The van der Waals surface area contributed by atoms with Gasteiger partial charge in [-0.3, -0.25) is 4.90 Å². The molecule has 2 fully saturated rings. The molecule has 1 N–H and O–H groups in total. The van der Waals surface area contributed by atoms with Crippen molar-refractivity contribution in [2.45, 2.75) is 56.9 Å². The lowest BCUT2D eigenvalue weighted by molar-refractivity contribution is -0.104. The second-order valence-corrected chi connectivity index (χ2v) is 7.31. The number of fused-ring (bicyclic) bond motifs is 1. The highest BCUT2D eigenvalue weighted by Crippen LogP contribution is 2.44. The zero-order valence-corrected chi connectivity index (χ0v) is 15.7. The number of rotatable bonds is 7. The molecule has 3 atom stereocenters. The van der Waals surface area contributed by atoms with Crippen molar-refractivity contribution in [1.29, 1.82) is 0 Å². The molecule has 5 nitrogen and oxygen atoms in total. The van der Waals surface area contributed by atoms with Gasteiger partial charge in [0.1, 0.15) is 5.75 Å². The van der Waals surface area contributed by atoms with Gasteiger partial charge in [-0.1, -0.05) is 12.1 Å². The first-order valence-corrected chi connectivity index (χ1v) is 9.27. The standard InChI is InChI=1S/C20H31NO4/c1-15-4-5-16(18(12-15)23-2)14-21-9-8-20(24-3)7-6-17(13-19(20)21)25-11-10-22/h4-5,12,17,19,22H,6-11,13-14H2,1-3H3/t17-,19-,20+/m0/s1. The summed E-state index contributed by atoms with van der Waals surface area (Å²) in [5.74, 6) is 0.957. The van der Waals surface area contributed by atoms with E-state index in [4.69, 9.17) is 19.3 Å². The van der Waals surface area contributed by atoms with Gasteiger partial charge < -0.3 is 19.3 Å². The normalized spacial score (nSPS) is 29.6. The lowest BCUT2D eigenvalue weighted by atomic mass is 9.79. The Morgan fingerprint density at radius 2 is 2.12 bits per heavy atom. The van der Waals surface area contributed by atoms with Gasteiger partial charge in [0, 0.05) is 31.8 Å². The molecule has 0 spiro atoms. The van der Waals surface area contributed by atoms with Crippen LogP contribution in [0.2, 0.25) is 0 Å². The topological polar surface area (TPSA) is 51.2 Å². The molecule has 3 rings (SSSR count). The van der Waals surface area contributed by atoms with Gasteiger partial charge in [0.15, 0.2) is 0 Å². The second-order valence-electron chi connectivity index (χ2n) is 7.31. The third-order valence-electron chi connectivity index (χ3n) is 5.91. The average molecular weight is 349 g/mol. The Labute approximate surface area is 150 Å². The molecule has 140 valence electrons.